The molecule has 7 heteroatoms. The van der Waals surface area contributed by atoms with E-state index in [0.29, 0.717) is 12.6 Å². The first-order valence-corrected chi connectivity index (χ1v) is 9.54. The first-order chi connectivity index (χ1) is 11.7. The van der Waals surface area contributed by atoms with E-state index in [1.165, 1.54) is 10.3 Å². The van der Waals surface area contributed by atoms with Gasteiger partial charge < -0.3 is 14.7 Å². The van der Waals surface area contributed by atoms with Crippen LogP contribution in [-0.2, 0) is 4.74 Å². The molecule has 2 aliphatic rings. The minimum atomic E-state index is -0.360. The molecule has 2 aromatic rings. The molecule has 2 aromatic heterocycles. The Labute approximate surface area is 146 Å². The number of thiophene rings is 1. The highest BCUT2D eigenvalue weighted by Gasteiger charge is 2.28. The SMILES string of the molecule is Cc1csc2c(N3CCC(N4CCOCC(O)C4)CC3)ncnc12. The maximum Gasteiger partial charge on any atom is 0.150 e. The Hall–Kier alpha value is -1.28. The Morgan fingerprint density at radius 1 is 1.25 bits per heavy atom. The van der Waals surface area contributed by atoms with E-state index in [1.54, 1.807) is 17.7 Å². The fourth-order valence-corrected chi connectivity index (χ4v) is 4.79. The number of hydrogen-bond donors (Lipinski definition) is 1. The number of rotatable bonds is 2. The zero-order valence-corrected chi connectivity index (χ0v) is 14.8. The van der Waals surface area contributed by atoms with E-state index in [9.17, 15) is 5.11 Å². The molecule has 1 atom stereocenters. The Bertz CT molecular complexity index is 699. The van der Waals surface area contributed by atoms with Gasteiger partial charge in [-0.2, -0.15) is 0 Å². The van der Waals surface area contributed by atoms with Crippen LogP contribution in [0.4, 0.5) is 5.82 Å². The van der Waals surface area contributed by atoms with E-state index in [-0.39, 0.29) is 6.10 Å². The van der Waals surface area contributed by atoms with Crippen LogP contribution in [0.15, 0.2) is 11.7 Å². The summed E-state index contributed by atoms with van der Waals surface area (Å²) in [4.78, 5) is 13.8. The largest absolute Gasteiger partial charge is 0.389 e. The Kier molecular flexibility index (Phi) is 4.67. The van der Waals surface area contributed by atoms with Gasteiger partial charge in [0.2, 0.25) is 0 Å². The number of aliphatic hydroxyl groups is 1. The van der Waals surface area contributed by atoms with Crippen LogP contribution in [0.2, 0.25) is 0 Å². The number of β-amino-alcohol motifs (C(OH)–C–C–N with tert-alkyl or cyclic N) is 1. The Morgan fingerprint density at radius 2 is 2.08 bits per heavy atom. The van der Waals surface area contributed by atoms with E-state index in [2.05, 4.69) is 32.1 Å². The van der Waals surface area contributed by atoms with E-state index < -0.39 is 0 Å². The molecule has 24 heavy (non-hydrogen) atoms. The van der Waals surface area contributed by atoms with Crippen LogP contribution >= 0.6 is 11.3 Å². The molecule has 0 bridgehead atoms. The second kappa shape index (κ2) is 6.92. The molecule has 0 aromatic carbocycles. The lowest BCUT2D eigenvalue weighted by Crippen LogP contribution is -2.47. The summed E-state index contributed by atoms with van der Waals surface area (Å²) in [5, 5.41) is 12.1. The Morgan fingerprint density at radius 3 is 2.92 bits per heavy atom. The highest BCUT2D eigenvalue weighted by atomic mass is 32.1. The highest BCUT2D eigenvalue weighted by molar-refractivity contribution is 7.18. The van der Waals surface area contributed by atoms with Crippen LogP contribution in [0.1, 0.15) is 18.4 Å². The van der Waals surface area contributed by atoms with Crippen molar-refractivity contribution in [1.82, 2.24) is 14.9 Å². The molecule has 0 spiro atoms. The van der Waals surface area contributed by atoms with Crippen molar-refractivity contribution in [3.8, 4) is 0 Å². The Balaban J connectivity index is 1.45. The van der Waals surface area contributed by atoms with E-state index >= 15 is 0 Å². The number of nitrogens with zero attached hydrogens (tertiary/aromatic N) is 4. The number of anilines is 1. The molecule has 1 N–H and O–H groups in total. The normalized spacial score (nSPS) is 24.4. The number of aryl methyl sites for hydroxylation is 1. The van der Waals surface area contributed by atoms with Crippen molar-refractivity contribution >= 4 is 27.4 Å². The van der Waals surface area contributed by atoms with Gasteiger partial charge in [0.05, 0.1) is 29.5 Å². The second-order valence-electron chi connectivity index (χ2n) is 6.74. The summed E-state index contributed by atoms with van der Waals surface area (Å²) >= 11 is 1.74. The first kappa shape index (κ1) is 16.2. The summed E-state index contributed by atoms with van der Waals surface area (Å²) in [7, 11) is 0. The maximum atomic E-state index is 9.95. The van der Waals surface area contributed by atoms with Crippen molar-refractivity contribution in [1.29, 1.82) is 0 Å². The van der Waals surface area contributed by atoms with Crippen molar-refractivity contribution < 1.29 is 9.84 Å². The molecule has 0 radical (unpaired) electrons. The van der Waals surface area contributed by atoms with Crippen LogP contribution in [-0.4, -0.2) is 71.5 Å². The molecule has 0 aliphatic carbocycles. The lowest BCUT2D eigenvalue weighted by atomic mass is 10.0. The standard InChI is InChI=1S/C17H24N4O2S/c1-12-10-24-16-15(12)18-11-19-17(16)20-4-2-13(3-5-20)21-6-7-23-9-14(22)8-21/h10-11,13-14,22H,2-9H2,1H3. The molecule has 2 aliphatic heterocycles. The summed E-state index contributed by atoms with van der Waals surface area (Å²) in [5.74, 6) is 1.08. The third kappa shape index (κ3) is 3.13. The van der Waals surface area contributed by atoms with Gasteiger partial charge in [-0.3, -0.25) is 4.90 Å². The fraction of sp³-hybridized carbons (Fsp3) is 0.647. The van der Waals surface area contributed by atoms with Gasteiger partial charge in [-0.15, -0.1) is 11.3 Å². The summed E-state index contributed by atoms with van der Waals surface area (Å²) in [6.07, 6.45) is 3.53. The monoisotopic (exact) mass is 348 g/mol. The third-order valence-corrected chi connectivity index (χ3v) is 6.15. The van der Waals surface area contributed by atoms with Crippen LogP contribution in [0.25, 0.3) is 10.2 Å². The van der Waals surface area contributed by atoms with Crippen molar-refractivity contribution in [2.45, 2.75) is 31.9 Å². The minimum absolute atomic E-state index is 0.360. The summed E-state index contributed by atoms with van der Waals surface area (Å²) < 4.78 is 6.65. The van der Waals surface area contributed by atoms with Crippen LogP contribution < -0.4 is 4.90 Å². The summed E-state index contributed by atoms with van der Waals surface area (Å²) in [6.45, 7) is 6.94. The first-order valence-electron chi connectivity index (χ1n) is 8.66. The minimum Gasteiger partial charge on any atom is -0.389 e. The molecule has 0 saturated carbocycles. The molecule has 130 valence electrons. The van der Waals surface area contributed by atoms with Gasteiger partial charge in [0, 0.05) is 32.2 Å². The lowest BCUT2D eigenvalue weighted by Gasteiger charge is -2.38. The van der Waals surface area contributed by atoms with Crippen LogP contribution in [0.5, 0.6) is 0 Å². The van der Waals surface area contributed by atoms with Gasteiger partial charge in [-0.05, 0) is 30.7 Å². The molecule has 1 unspecified atom stereocenters. The van der Waals surface area contributed by atoms with Gasteiger partial charge >= 0.3 is 0 Å². The predicted molar refractivity (Wildman–Crippen MR) is 95.8 cm³/mol. The van der Waals surface area contributed by atoms with Crippen LogP contribution in [0.3, 0.4) is 0 Å². The van der Waals surface area contributed by atoms with E-state index in [1.807, 2.05) is 0 Å². The second-order valence-corrected chi connectivity index (χ2v) is 7.62. The average Bonchev–Trinajstić information content (AvgIpc) is 2.85. The molecular formula is C17H24N4O2S. The maximum absolute atomic E-state index is 9.95. The molecule has 2 fully saturated rings. The number of aromatic nitrogens is 2. The summed E-state index contributed by atoms with van der Waals surface area (Å²) in [5.41, 5.74) is 2.31. The number of aliphatic hydroxyl groups excluding tert-OH is 1. The topological polar surface area (TPSA) is 61.7 Å². The number of fused-ring (bicyclic) bond motifs is 1. The zero-order chi connectivity index (χ0) is 16.5. The molecule has 4 rings (SSSR count). The fourth-order valence-electron chi connectivity index (χ4n) is 3.77. The van der Waals surface area contributed by atoms with Crippen molar-refractivity contribution in [2.24, 2.45) is 0 Å². The van der Waals surface area contributed by atoms with Crippen molar-refractivity contribution in [2.75, 3.05) is 44.3 Å². The zero-order valence-electron chi connectivity index (χ0n) is 14.0. The molecule has 0 amide bonds. The van der Waals surface area contributed by atoms with Gasteiger partial charge in [-0.1, -0.05) is 0 Å². The highest BCUT2D eigenvalue weighted by Crippen LogP contribution is 2.32. The summed E-state index contributed by atoms with van der Waals surface area (Å²) in [6, 6.07) is 0.528. The third-order valence-electron chi connectivity index (χ3n) is 5.07. The molecule has 2 saturated heterocycles. The van der Waals surface area contributed by atoms with Gasteiger partial charge in [-0.25, -0.2) is 9.97 Å². The van der Waals surface area contributed by atoms with Crippen molar-refractivity contribution in [3.63, 3.8) is 0 Å². The van der Waals surface area contributed by atoms with E-state index in [4.69, 9.17) is 4.74 Å². The van der Waals surface area contributed by atoms with Crippen LogP contribution in [0, 0.1) is 6.92 Å². The van der Waals surface area contributed by atoms with Gasteiger partial charge in [0.15, 0.2) is 0 Å². The predicted octanol–water partition coefficient (Wildman–Crippen LogP) is 1.66. The van der Waals surface area contributed by atoms with E-state index in [0.717, 1.165) is 57.0 Å². The van der Waals surface area contributed by atoms with Gasteiger partial charge in [0.1, 0.15) is 12.1 Å². The number of hydrogen-bond acceptors (Lipinski definition) is 7. The molecule has 6 nitrogen and oxygen atoms in total. The molecule has 4 heterocycles. The van der Waals surface area contributed by atoms with Gasteiger partial charge in [0.25, 0.3) is 0 Å². The lowest BCUT2D eigenvalue weighted by molar-refractivity contribution is 0.0534. The van der Waals surface area contributed by atoms with Crippen molar-refractivity contribution in [3.05, 3.63) is 17.3 Å². The number of piperidine rings is 1. The smallest absolute Gasteiger partial charge is 0.150 e. The average molecular weight is 348 g/mol. The quantitative estimate of drug-likeness (QED) is 0.891. The number of ether oxygens (including phenoxy) is 1. The molecular weight excluding hydrogens is 324 g/mol.